The molecule has 1 nitrogen and oxygen atoms in total. The molecule has 0 saturated heterocycles. The van der Waals surface area contributed by atoms with Crippen LogP contribution in [-0.2, 0) is 10.8 Å². The molecule has 3 aliphatic rings. The van der Waals surface area contributed by atoms with Crippen LogP contribution in [0.25, 0.3) is 44.2 Å². The molecule has 1 aromatic heterocycles. The maximum absolute atomic E-state index is 6.50. The zero-order valence-electron chi connectivity index (χ0n) is 25.3. The van der Waals surface area contributed by atoms with Gasteiger partial charge in [-0.05, 0) is 91.4 Å². The summed E-state index contributed by atoms with van der Waals surface area (Å²) in [4.78, 5) is 0. The molecule has 0 bridgehead atoms. The number of furan rings is 1. The van der Waals surface area contributed by atoms with E-state index in [4.69, 9.17) is 4.42 Å². The molecule has 0 amide bonds. The molecule has 0 N–H and O–H groups in total. The van der Waals surface area contributed by atoms with Gasteiger partial charge in [-0.2, -0.15) is 0 Å². The van der Waals surface area contributed by atoms with Crippen LogP contribution in [0.2, 0.25) is 0 Å². The van der Waals surface area contributed by atoms with E-state index in [-0.39, 0.29) is 0 Å². The van der Waals surface area contributed by atoms with Crippen LogP contribution < -0.4 is 0 Å². The Morgan fingerprint density at radius 2 is 0.848 bits per heavy atom. The number of rotatable bonds is 0. The molecule has 8 aromatic rings. The topological polar surface area (TPSA) is 13.1 Å². The number of benzene rings is 7. The zero-order chi connectivity index (χ0) is 30.2. The molecule has 0 fully saturated rings. The van der Waals surface area contributed by atoms with Gasteiger partial charge in [0.25, 0.3) is 0 Å². The summed E-state index contributed by atoms with van der Waals surface area (Å²) >= 11 is 0. The van der Waals surface area contributed by atoms with E-state index in [1.165, 1.54) is 83.1 Å². The van der Waals surface area contributed by atoms with Crippen molar-refractivity contribution in [2.45, 2.75) is 17.8 Å². The van der Waals surface area contributed by atoms with Crippen LogP contribution in [0, 0.1) is 6.92 Å². The van der Waals surface area contributed by atoms with Crippen molar-refractivity contribution < 1.29 is 4.42 Å². The standard InChI is InChI=1S/C45H28O/c1-27-13-12-23-37-41(27)43-38(25-26-40-42(43)30-16-4-11-24-39(30)46-40)45(37)35-21-9-7-19-33(35)44(34-20-8-10-22-36(34)45)31-17-5-2-14-28(31)29-15-3-6-18-32(29)44/h2-26H,1H3. The largest absolute Gasteiger partial charge is 0.456 e. The third-order valence-corrected chi connectivity index (χ3v) is 11.3. The van der Waals surface area contributed by atoms with E-state index in [1.807, 2.05) is 0 Å². The molecule has 214 valence electrons. The molecule has 2 spiro atoms. The predicted octanol–water partition coefficient (Wildman–Crippen LogP) is 10.9. The van der Waals surface area contributed by atoms with Gasteiger partial charge in [0.1, 0.15) is 11.2 Å². The Morgan fingerprint density at radius 1 is 0.370 bits per heavy atom. The molecule has 1 heterocycles. The van der Waals surface area contributed by atoms with Crippen molar-refractivity contribution >= 4 is 21.9 Å². The van der Waals surface area contributed by atoms with Gasteiger partial charge in [0, 0.05) is 10.8 Å². The fraction of sp³-hybridized carbons (Fsp3) is 0.0667. The highest BCUT2D eigenvalue weighted by Gasteiger charge is 2.59. The average Bonchev–Trinajstić information content (AvgIpc) is 3.73. The zero-order valence-corrected chi connectivity index (χ0v) is 25.3. The smallest absolute Gasteiger partial charge is 0.136 e. The summed E-state index contributed by atoms with van der Waals surface area (Å²) in [6.45, 7) is 2.27. The molecule has 1 heteroatoms. The molecule has 0 radical (unpaired) electrons. The molecule has 0 saturated carbocycles. The molecule has 46 heavy (non-hydrogen) atoms. The Balaban J connectivity index is 1.38. The molecule has 0 unspecified atom stereocenters. The lowest BCUT2D eigenvalue weighted by molar-refractivity contribution is 0.632. The van der Waals surface area contributed by atoms with Crippen LogP contribution in [0.1, 0.15) is 50.1 Å². The Morgan fingerprint density at radius 3 is 1.48 bits per heavy atom. The first-order valence-electron chi connectivity index (χ1n) is 16.2. The van der Waals surface area contributed by atoms with Crippen molar-refractivity contribution in [1.29, 1.82) is 0 Å². The van der Waals surface area contributed by atoms with E-state index >= 15 is 0 Å². The van der Waals surface area contributed by atoms with Crippen LogP contribution in [0.4, 0.5) is 0 Å². The van der Waals surface area contributed by atoms with Crippen LogP contribution in [0.15, 0.2) is 156 Å². The number of hydrogen-bond donors (Lipinski definition) is 0. The fourth-order valence-electron chi connectivity index (χ4n) is 9.81. The first kappa shape index (κ1) is 24.6. The lowest BCUT2D eigenvalue weighted by atomic mass is 9.52. The lowest BCUT2D eigenvalue weighted by Gasteiger charge is -2.48. The van der Waals surface area contributed by atoms with Crippen LogP contribution in [0.3, 0.4) is 0 Å². The van der Waals surface area contributed by atoms with Gasteiger partial charge in [-0.25, -0.2) is 0 Å². The second-order valence-corrected chi connectivity index (χ2v) is 13.1. The van der Waals surface area contributed by atoms with Crippen molar-refractivity contribution in [2.24, 2.45) is 0 Å². The van der Waals surface area contributed by atoms with E-state index < -0.39 is 10.8 Å². The number of para-hydroxylation sites is 1. The molecular weight excluding hydrogens is 556 g/mol. The molecule has 7 aromatic carbocycles. The van der Waals surface area contributed by atoms with E-state index in [9.17, 15) is 0 Å². The van der Waals surface area contributed by atoms with Crippen molar-refractivity contribution in [3.05, 3.63) is 202 Å². The van der Waals surface area contributed by atoms with Crippen molar-refractivity contribution in [1.82, 2.24) is 0 Å². The van der Waals surface area contributed by atoms with Gasteiger partial charge in [-0.3, -0.25) is 0 Å². The van der Waals surface area contributed by atoms with E-state index in [0.717, 1.165) is 11.2 Å². The van der Waals surface area contributed by atoms with Gasteiger partial charge in [0.05, 0.1) is 10.8 Å². The molecular formula is C45H28O. The van der Waals surface area contributed by atoms with Gasteiger partial charge in [0.15, 0.2) is 0 Å². The quantitative estimate of drug-likeness (QED) is 0.173. The fourth-order valence-corrected chi connectivity index (χ4v) is 9.81. The van der Waals surface area contributed by atoms with Gasteiger partial charge < -0.3 is 4.42 Å². The summed E-state index contributed by atoms with van der Waals surface area (Å²) < 4.78 is 6.50. The van der Waals surface area contributed by atoms with E-state index in [0.29, 0.717) is 0 Å². The third kappa shape index (κ3) is 2.57. The minimum atomic E-state index is -0.492. The van der Waals surface area contributed by atoms with Gasteiger partial charge in [-0.15, -0.1) is 0 Å². The van der Waals surface area contributed by atoms with Gasteiger partial charge in [-0.1, -0.05) is 140 Å². The summed E-state index contributed by atoms with van der Waals surface area (Å²) in [6, 6.07) is 56.7. The molecule has 3 aliphatic carbocycles. The van der Waals surface area contributed by atoms with Gasteiger partial charge >= 0.3 is 0 Å². The van der Waals surface area contributed by atoms with Crippen molar-refractivity contribution in [3.8, 4) is 22.3 Å². The summed E-state index contributed by atoms with van der Waals surface area (Å²) in [5.41, 5.74) is 18.4. The molecule has 0 atom stereocenters. The molecule has 0 aliphatic heterocycles. The van der Waals surface area contributed by atoms with Crippen LogP contribution in [-0.4, -0.2) is 0 Å². The Bertz CT molecular complexity index is 2520. The van der Waals surface area contributed by atoms with Gasteiger partial charge in [0.2, 0.25) is 0 Å². The Kier molecular flexibility index (Phi) is 4.46. The minimum Gasteiger partial charge on any atom is -0.456 e. The highest BCUT2D eigenvalue weighted by Crippen LogP contribution is 2.68. The minimum absolute atomic E-state index is 0.426. The second kappa shape index (κ2) is 8.33. The third-order valence-electron chi connectivity index (χ3n) is 11.3. The maximum atomic E-state index is 6.50. The number of fused-ring (bicyclic) bond motifs is 20. The summed E-state index contributed by atoms with van der Waals surface area (Å²) in [6.07, 6.45) is 0. The predicted molar refractivity (Wildman–Crippen MR) is 187 cm³/mol. The first-order chi connectivity index (χ1) is 22.8. The lowest BCUT2D eigenvalue weighted by Crippen LogP contribution is -2.43. The first-order valence-corrected chi connectivity index (χ1v) is 16.2. The highest BCUT2D eigenvalue weighted by atomic mass is 16.3. The summed E-state index contributed by atoms with van der Waals surface area (Å²) in [5, 5.41) is 2.39. The Hall–Kier alpha value is -5.66. The van der Waals surface area contributed by atoms with Crippen LogP contribution in [0.5, 0.6) is 0 Å². The van der Waals surface area contributed by atoms with E-state index in [2.05, 4.69) is 159 Å². The highest BCUT2D eigenvalue weighted by molar-refractivity contribution is 6.16. The summed E-state index contributed by atoms with van der Waals surface area (Å²) in [5.74, 6) is 0. The monoisotopic (exact) mass is 584 g/mol. The Labute approximate surface area is 267 Å². The number of aryl methyl sites for hydroxylation is 1. The average molecular weight is 585 g/mol. The SMILES string of the molecule is Cc1cccc2c1-c1c(ccc3oc4ccccc4c13)C21c2ccccc2C2(c3ccccc3-c3ccccc32)c2ccccc21. The van der Waals surface area contributed by atoms with Crippen molar-refractivity contribution in [2.75, 3.05) is 0 Å². The second-order valence-electron chi connectivity index (χ2n) is 13.1. The molecule has 11 rings (SSSR count). The normalized spacial score (nSPS) is 15.4. The summed E-state index contributed by atoms with van der Waals surface area (Å²) in [7, 11) is 0. The van der Waals surface area contributed by atoms with Crippen LogP contribution >= 0.6 is 0 Å². The van der Waals surface area contributed by atoms with E-state index in [1.54, 1.807) is 0 Å². The number of hydrogen-bond acceptors (Lipinski definition) is 1. The maximum Gasteiger partial charge on any atom is 0.136 e. The van der Waals surface area contributed by atoms with Crippen molar-refractivity contribution in [3.63, 3.8) is 0 Å².